The second kappa shape index (κ2) is 11.5. The number of anilines is 2. The van der Waals surface area contributed by atoms with E-state index in [9.17, 15) is 23.7 Å². The highest BCUT2D eigenvalue weighted by Gasteiger charge is 2.47. The molecule has 2 aliphatic heterocycles. The first-order valence-electron chi connectivity index (χ1n) is 11.9. The monoisotopic (exact) mass is 562 g/mol. The van der Waals surface area contributed by atoms with E-state index in [0.717, 1.165) is 0 Å². The number of hydrogen-bond acceptors (Lipinski definition) is 6. The molecule has 2 aliphatic rings. The maximum atomic E-state index is 13.7. The van der Waals surface area contributed by atoms with Crippen molar-refractivity contribution in [2.75, 3.05) is 35.7 Å². The van der Waals surface area contributed by atoms with E-state index in [1.165, 1.54) is 30.5 Å². The zero-order valence-electron chi connectivity index (χ0n) is 20.5. The number of carbonyl (C=O) groups excluding carboxylic acids is 3. The molecular weight excluding hydrogens is 536 g/mol. The van der Waals surface area contributed by atoms with Crippen LogP contribution in [-0.4, -0.2) is 69.7 Å². The summed E-state index contributed by atoms with van der Waals surface area (Å²) >= 11 is 5.03. The molecule has 11 nitrogen and oxygen atoms in total. The van der Waals surface area contributed by atoms with Gasteiger partial charge in [-0.2, -0.15) is 0 Å². The second-order valence-corrected chi connectivity index (χ2v) is 11.2. The van der Waals surface area contributed by atoms with E-state index in [-0.39, 0.29) is 30.2 Å². The molecule has 2 aromatic rings. The number of fused-ring (bicyclic) bond motifs is 2. The van der Waals surface area contributed by atoms with Crippen molar-refractivity contribution >= 4 is 58.2 Å². The van der Waals surface area contributed by atoms with Gasteiger partial charge < -0.3 is 24.6 Å². The number of hydrogen-bond donors (Lipinski definition) is 4. The van der Waals surface area contributed by atoms with Gasteiger partial charge in [-0.3, -0.25) is 20.2 Å². The molecule has 0 bridgehead atoms. The highest BCUT2D eigenvalue weighted by molar-refractivity contribution is 7.90. The van der Waals surface area contributed by atoms with Gasteiger partial charge >= 0.3 is 12.2 Å². The lowest BCUT2D eigenvalue weighted by Crippen LogP contribution is -2.57. The first-order valence-corrected chi connectivity index (χ1v) is 14.0. The van der Waals surface area contributed by atoms with Gasteiger partial charge in [0, 0.05) is 34.8 Å². The van der Waals surface area contributed by atoms with Crippen molar-refractivity contribution in [3.05, 3.63) is 58.6 Å². The lowest BCUT2D eigenvalue weighted by Gasteiger charge is -2.45. The summed E-state index contributed by atoms with van der Waals surface area (Å²) in [5.41, 5.74) is 0.659. The quantitative estimate of drug-likeness (QED) is 0.376. The third-order valence-electron chi connectivity index (χ3n) is 6.46. The summed E-state index contributed by atoms with van der Waals surface area (Å²) < 4.78 is 17.6. The maximum Gasteiger partial charge on any atom is 0.412 e. The number of likely N-dealkylation sites (tertiary alicyclic amines) is 1. The molecular formula is C25H27ClN4O7S. The van der Waals surface area contributed by atoms with Crippen molar-refractivity contribution < 1.29 is 33.6 Å². The van der Waals surface area contributed by atoms with Crippen LogP contribution < -0.4 is 16.0 Å². The molecule has 3 atom stereocenters. The Morgan fingerprint density at radius 3 is 2.68 bits per heavy atom. The first kappa shape index (κ1) is 27.6. The minimum absolute atomic E-state index is 0.0731. The molecule has 4 N–H and O–H groups in total. The Kier molecular flexibility index (Phi) is 8.34. The number of rotatable bonds is 7. The van der Waals surface area contributed by atoms with Crippen LogP contribution in [0.4, 0.5) is 21.0 Å². The average Bonchev–Trinajstić information content (AvgIpc) is 2.86. The number of nitrogens with one attached hydrogen (secondary N) is 3. The van der Waals surface area contributed by atoms with Crippen LogP contribution in [0, 0.1) is 0 Å². The molecule has 1 spiro atoms. The molecule has 4 amide bonds. The Bertz CT molecular complexity index is 1240. The van der Waals surface area contributed by atoms with Crippen LogP contribution in [0.15, 0.2) is 42.5 Å². The Morgan fingerprint density at radius 1 is 1.26 bits per heavy atom. The smallest absolute Gasteiger partial charge is 0.412 e. The van der Waals surface area contributed by atoms with Gasteiger partial charge in [0.2, 0.25) is 5.91 Å². The second-order valence-electron chi connectivity index (χ2n) is 9.16. The Hall–Kier alpha value is -3.48. The summed E-state index contributed by atoms with van der Waals surface area (Å²) in [6.45, 7) is 0.461. The molecule has 0 aliphatic carbocycles. The number of halogens is 1. The van der Waals surface area contributed by atoms with E-state index in [1.807, 2.05) is 0 Å². The first-order chi connectivity index (χ1) is 18.1. The van der Waals surface area contributed by atoms with Gasteiger partial charge in [0.1, 0.15) is 11.8 Å². The highest BCUT2D eigenvalue weighted by atomic mass is 35.5. The minimum Gasteiger partial charge on any atom is -0.617 e. The predicted octanol–water partition coefficient (Wildman–Crippen LogP) is 3.38. The van der Waals surface area contributed by atoms with Crippen LogP contribution in [0.1, 0.15) is 35.2 Å². The standard InChI is InChI=1S/C25H27ClN4O7S/c1-38(36)12-9-20(28-21(31)15-3-6-17(7-4-15)27-23(33)34)22(32)30-11-2-10-25(14-30)18-13-16(26)5-8-19(18)29-24(35)37-25/h3-8,13,20,27H,2,9-12,14H2,1H3,(H,28,31)(H,29,35)(H,33,34)/t20?,25-,38?/m0/s1. The largest absolute Gasteiger partial charge is 0.617 e. The fourth-order valence-electron chi connectivity index (χ4n) is 4.72. The van der Waals surface area contributed by atoms with E-state index in [1.54, 1.807) is 23.1 Å². The summed E-state index contributed by atoms with van der Waals surface area (Å²) in [7, 11) is 0. The molecule has 2 heterocycles. The topological polar surface area (TPSA) is 160 Å². The van der Waals surface area contributed by atoms with Crippen molar-refractivity contribution in [3.8, 4) is 0 Å². The van der Waals surface area contributed by atoms with E-state index >= 15 is 0 Å². The minimum atomic E-state index is -1.23. The Balaban J connectivity index is 1.54. The molecule has 38 heavy (non-hydrogen) atoms. The fourth-order valence-corrected chi connectivity index (χ4v) is 5.45. The highest BCUT2D eigenvalue weighted by Crippen LogP contribution is 2.43. The lowest BCUT2D eigenvalue weighted by molar-refractivity contribution is -0.141. The van der Waals surface area contributed by atoms with E-state index < -0.39 is 40.9 Å². The van der Waals surface area contributed by atoms with Crippen LogP contribution in [-0.2, 0) is 26.3 Å². The molecule has 1 saturated heterocycles. The van der Waals surface area contributed by atoms with E-state index in [4.69, 9.17) is 21.4 Å². The van der Waals surface area contributed by atoms with Crippen molar-refractivity contribution in [3.63, 3.8) is 0 Å². The van der Waals surface area contributed by atoms with Gasteiger partial charge in [-0.25, -0.2) is 9.59 Å². The Morgan fingerprint density at radius 2 is 2.00 bits per heavy atom. The molecule has 2 aromatic carbocycles. The van der Waals surface area contributed by atoms with Crippen molar-refractivity contribution in [2.24, 2.45) is 0 Å². The van der Waals surface area contributed by atoms with Gasteiger partial charge in [-0.1, -0.05) is 22.8 Å². The van der Waals surface area contributed by atoms with Gasteiger partial charge in [0.15, 0.2) is 5.60 Å². The molecule has 2 unspecified atom stereocenters. The summed E-state index contributed by atoms with van der Waals surface area (Å²) in [4.78, 5) is 51.4. The SMILES string of the molecule is C[S+]([O-])CCC(NC(=O)c1ccc(NC(=O)O)cc1)C(=O)N1CCC[C@@]2(C1)OC(=O)Nc1ccc(Cl)cc12. The number of nitrogens with zero attached hydrogens (tertiary/aromatic N) is 1. The zero-order chi connectivity index (χ0) is 27.4. The lowest BCUT2D eigenvalue weighted by atomic mass is 9.83. The van der Waals surface area contributed by atoms with E-state index in [2.05, 4.69) is 16.0 Å². The number of amides is 4. The van der Waals surface area contributed by atoms with Crippen LogP contribution in [0.5, 0.6) is 0 Å². The normalized spacial score (nSPS) is 20.0. The summed E-state index contributed by atoms with van der Waals surface area (Å²) in [6, 6.07) is 9.83. The summed E-state index contributed by atoms with van der Waals surface area (Å²) in [5, 5.41) is 16.9. The molecule has 0 aromatic heterocycles. The summed E-state index contributed by atoms with van der Waals surface area (Å²) in [5.74, 6) is -0.733. The number of piperidine rings is 1. The zero-order valence-corrected chi connectivity index (χ0v) is 22.1. The Labute approximate surface area is 227 Å². The molecule has 202 valence electrons. The number of benzene rings is 2. The van der Waals surface area contributed by atoms with Crippen molar-refractivity contribution in [2.45, 2.75) is 30.9 Å². The number of carboxylic acid groups (broad SMARTS) is 1. The summed E-state index contributed by atoms with van der Waals surface area (Å²) in [6.07, 6.45) is 0.834. The van der Waals surface area contributed by atoms with Crippen LogP contribution in [0.25, 0.3) is 0 Å². The third kappa shape index (κ3) is 6.32. The average molecular weight is 563 g/mol. The number of ether oxygens (including phenoxy) is 1. The van der Waals surface area contributed by atoms with Gasteiger partial charge in [-0.15, -0.1) is 0 Å². The predicted molar refractivity (Wildman–Crippen MR) is 142 cm³/mol. The van der Waals surface area contributed by atoms with Gasteiger partial charge in [0.05, 0.1) is 18.5 Å². The molecule has 1 fully saturated rings. The van der Waals surface area contributed by atoms with Crippen LogP contribution in [0.3, 0.4) is 0 Å². The molecule has 0 radical (unpaired) electrons. The molecule has 0 saturated carbocycles. The van der Waals surface area contributed by atoms with Gasteiger partial charge in [0.25, 0.3) is 5.91 Å². The van der Waals surface area contributed by atoms with Crippen molar-refractivity contribution in [1.82, 2.24) is 10.2 Å². The third-order valence-corrected chi connectivity index (χ3v) is 7.51. The maximum absolute atomic E-state index is 13.7. The molecule has 13 heteroatoms. The van der Waals surface area contributed by atoms with Gasteiger partial charge in [-0.05, 0) is 55.3 Å². The van der Waals surface area contributed by atoms with E-state index in [0.29, 0.717) is 41.3 Å². The fraction of sp³-hybridized carbons (Fsp3) is 0.360. The van der Waals surface area contributed by atoms with Crippen LogP contribution >= 0.6 is 11.6 Å². The number of carbonyl (C=O) groups is 4. The van der Waals surface area contributed by atoms with Crippen molar-refractivity contribution in [1.29, 1.82) is 0 Å². The molecule has 4 rings (SSSR count). The van der Waals surface area contributed by atoms with Crippen LogP contribution in [0.2, 0.25) is 5.02 Å².